The van der Waals surface area contributed by atoms with Crippen LogP contribution in [0.4, 0.5) is 0 Å². The van der Waals surface area contributed by atoms with E-state index in [1.165, 1.54) is 11.8 Å². The van der Waals surface area contributed by atoms with Crippen LogP contribution in [0, 0.1) is 13.8 Å². The quantitative estimate of drug-likeness (QED) is 0.214. The summed E-state index contributed by atoms with van der Waals surface area (Å²) in [5, 5.41) is 16.0. The minimum absolute atomic E-state index is 0.158. The van der Waals surface area contributed by atoms with Gasteiger partial charge in [-0.2, -0.15) is 5.10 Å². The lowest BCUT2D eigenvalue weighted by Gasteiger charge is -2.10. The highest BCUT2D eigenvalue weighted by Crippen LogP contribution is 2.28. The highest BCUT2D eigenvalue weighted by atomic mass is 35.5. The van der Waals surface area contributed by atoms with E-state index in [2.05, 4.69) is 20.7 Å². The molecule has 0 radical (unpaired) electrons. The van der Waals surface area contributed by atoms with Gasteiger partial charge in [0.15, 0.2) is 11.0 Å². The standard InChI is InChI=1S/C23H20ClN5OS2/c1-15-3-9-19(10-4-15)29-22(17-5-7-18(24)8-6-17)27-28-23(29)32-14-21(30)26-25-13-20-16(2)11-12-31-20/h3-13H,14H2,1-2H3,(H,26,30). The van der Waals surface area contributed by atoms with Crippen molar-refractivity contribution in [2.45, 2.75) is 19.0 Å². The van der Waals surface area contributed by atoms with E-state index < -0.39 is 0 Å². The fourth-order valence-electron chi connectivity index (χ4n) is 2.92. The number of hydrazone groups is 1. The van der Waals surface area contributed by atoms with Crippen molar-refractivity contribution in [2.75, 3.05) is 5.75 Å². The van der Waals surface area contributed by atoms with E-state index in [0.29, 0.717) is 16.0 Å². The maximum atomic E-state index is 12.3. The number of carbonyl (C=O) groups is 1. The maximum absolute atomic E-state index is 12.3. The molecule has 0 aliphatic heterocycles. The SMILES string of the molecule is Cc1ccc(-n2c(SCC(=O)NN=Cc3sccc3C)nnc2-c2ccc(Cl)cc2)cc1. The molecule has 4 rings (SSSR count). The van der Waals surface area contributed by atoms with Gasteiger partial charge in [-0.05, 0) is 67.3 Å². The van der Waals surface area contributed by atoms with E-state index in [-0.39, 0.29) is 11.7 Å². The van der Waals surface area contributed by atoms with Crippen molar-refractivity contribution in [3.8, 4) is 17.1 Å². The third kappa shape index (κ3) is 5.27. The average Bonchev–Trinajstić information content (AvgIpc) is 3.40. The Balaban J connectivity index is 1.53. The third-order valence-electron chi connectivity index (χ3n) is 4.63. The van der Waals surface area contributed by atoms with Crippen molar-refractivity contribution in [3.05, 3.63) is 81.0 Å². The molecule has 4 aromatic rings. The van der Waals surface area contributed by atoms with Gasteiger partial charge in [0.25, 0.3) is 5.91 Å². The molecule has 0 spiro atoms. The normalized spacial score (nSPS) is 11.2. The predicted octanol–water partition coefficient (Wildman–Crippen LogP) is 5.51. The van der Waals surface area contributed by atoms with Gasteiger partial charge >= 0.3 is 0 Å². The summed E-state index contributed by atoms with van der Waals surface area (Å²) in [4.78, 5) is 13.3. The maximum Gasteiger partial charge on any atom is 0.250 e. The van der Waals surface area contributed by atoms with E-state index in [0.717, 1.165) is 27.3 Å². The summed E-state index contributed by atoms with van der Waals surface area (Å²) in [6, 6.07) is 17.5. The van der Waals surface area contributed by atoms with Gasteiger partial charge in [0, 0.05) is 21.2 Å². The number of rotatable bonds is 7. The largest absolute Gasteiger partial charge is 0.272 e. The number of hydrogen-bond acceptors (Lipinski definition) is 6. The minimum Gasteiger partial charge on any atom is -0.272 e. The van der Waals surface area contributed by atoms with Crippen LogP contribution >= 0.6 is 34.7 Å². The van der Waals surface area contributed by atoms with Crippen LogP contribution in [-0.4, -0.2) is 32.6 Å². The predicted molar refractivity (Wildman–Crippen MR) is 132 cm³/mol. The van der Waals surface area contributed by atoms with Crippen LogP contribution in [0.3, 0.4) is 0 Å². The molecule has 0 fully saturated rings. The second-order valence-electron chi connectivity index (χ2n) is 7.03. The molecule has 0 atom stereocenters. The number of hydrogen-bond donors (Lipinski definition) is 1. The Hall–Kier alpha value is -2.94. The molecule has 0 saturated carbocycles. The first-order chi connectivity index (χ1) is 15.5. The topological polar surface area (TPSA) is 72.2 Å². The second-order valence-corrected chi connectivity index (χ2v) is 9.36. The van der Waals surface area contributed by atoms with Crippen molar-refractivity contribution >= 4 is 46.8 Å². The Kier molecular flexibility index (Phi) is 7.04. The lowest BCUT2D eigenvalue weighted by Crippen LogP contribution is -2.20. The Morgan fingerprint density at radius 3 is 2.56 bits per heavy atom. The Bertz CT molecular complexity index is 1250. The van der Waals surface area contributed by atoms with Gasteiger partial charge < -0.3 is 0 Å². The van der Waals surface area contributed by atoms with E-state index in [1.54, 1.807) is 17.6 Å². The number of thiophene rings is 1. The molecule has 0 aliphatic carbocycles. The number of halogens is 1. The number of amides is 1. The summed E-state index contributed by atoms with van der Waals surface area (Å²) in [6.45, 7) is 4.04. The molecule has 9 heteroatoms. The monoisotopic (exact) mass is 481 g/mol. The first-order valence-corrected chi connectivity index (χ1v) is 12.0. The van der Waals surface area contributed by atoms with Crippen molar-refractivity contribution in [2.24, 2.45) is 5.10 Å². The van der Waals surface area contributed by atoms with Gasteiger partial charge in [0.2, 0.25) is 0 Å². The molecule has 32 heavy (non-hydrogen) atoms. The highest BCUT2D eigenvalue weighted by molar-refractivity contribution is 7.99. The first-order valence-electron chi connectivity index (χ1n) is 9.78. The van der Waals surface area contributed by atoms with Gasteiger partial charge in [-0.1, -0.05) is 41.1 Å². The first kappa shape index (κ1) is 22.3. The fourth-order valence-corrected chi connectivity index (χ4v) is 4.57. The number of nitrogens with zero attached hydrogens (tertiary/aromatic N) is 4. The average molecular weight is 482 g/mol. The third-order valence-corrected chi connectivity index (χ3v) is 6.77. The van der Waals surface area contributed by atoms with Crippen LogP contribution in [0.25, 0.3) is 17.1 Å². The molecule has 162 valence electrons. The van der Waals surface area contributed by atoms with E-state index in [9.17, 15) is 4.79 Å². The van der Waals surface area contributed by atoms with Gasteiger partial charge in [-0.15, -0.1) is 21.5 Å². The molecule has 2 aromatic heterocycles. The molecule has 0 unspecified atom stereocenters. The molecule has 2 aromatic carbocycles. The van der Waals surface area contributed by atoms with Gasteiger partial charge in [0.1, 0.15) is 0 Å². The van der Waals surface area contributed by atoms with E-state index in [4.69, 9.17) is 11.6 Å². The van der Waals surface area contributed by atoms with E-state index >= 15 is 0 Å². The molecular formula is C23H20ClN5OS2. The zero-order valence-corrected chi connectivity index (χ0v) is 19.8. The van der Waals surface area contributed by atoms with Gasteiger partial charge in [-0.3, -0.25) is 9.36 Å². The summed E-state index contributed by atoms with van der Waals surface area (Å²) in [5.74, 6) is 0.623. The Labute approximate surface area is 199 Å². The van der Waals surface area contributed by atoms with Crippen molar-refractivity contribution < 1.29 is 4.79 Å². The molecule has 0 saturated heterocycles. The molecule has 0 aliphatic rings. The Morgan fingerprint density at radius 2 is 1.88 bits per heavy atom. The fraction of sp³-hybridized carbons (Fsp3) is 0.130. The number of aromatic nitrogens is 3. The van der Waals surface area contributed by atoms with Crippen LogP contribution in [0.1, 0.15) is 16.0 Å². The minimum atomic E-state index is -0.216. The van der Waals surface area contributed by atoms with Crippen LogP contribution in [0.2, 0.25) is 5.02 Å². The van der Waals surface area contributed by atoms with Crippen LogP contribution in [-0.2, 0) is 4.79 Å². The summed E-state index contributed by atoms with van der Waals surface area (Å²) in [6.07, 6.45) is 1.66. The Morgan fingerprint density at radius 1 is 1.12 bits per heavy atom. The summed E-state index contributed by atoms with van der Waals surface area (Å²) in [5.41, 5.74) is 6.66. The number of nitrogens with one attached hydrogen (secondary N) is 1. The van der Waals surface area contributed by atoms with Crippen LogP contribution < -0.4 is 5.43 Å². The van der Waals surface area contributed by atoms with Crippen molar-refractivity contribution in [3.63, 3.8) is 0 Å². The second kappa shape index (κ2) is 10.1. The van der Waals surface area contributed by atoms with Crippen molar-refractivity contribution in [1.82, 2.24) is 20.2 Å². The molecule has 6 nitrogen and oxygen atoms in total. The van der Waals surface area contributed by atoms with Crippen molar-refractivity contribution in [1.29, 1.82) is 0 Å². The lowest BCUT2D eigenvalue weighted by molar-refractivity contribution is -0.118. The van der Waals surface area contributed by atoms with E-state index in [1.807, 2.05) is 78.4 Å². The zero-order valence-electron chi connectivity index (χ0n) is 17.4. The van der Waals surface area contributed by atoms with Gasteiger partial charge in [-0.25, -0.2) is 5.43 Å². The zero-order chi connectivity index (χ0) is 22.5. The molecule has 2 heterocycles. The summed E-state index contributed by atoms with van der Waals surface area (Å²) < 4.78 is 1.94. The number of aryl methyl sites for hydroxylation is 2. The number of carbonyl (C=O) groups excluding carboxylic acids is 1. The summed E-state index contributed by atoms with van der Waals surface area (Å²) in [7, 11) is 0. The highest BCUT2D eigenvalue weighted by Gasteiger charge is 2.17. The molecule has 1 amide bonds. The van der Waals surface area contributed by atoms with Crippen LogP contribution in [0.5, 0.6) is 0 Å². The summed E-state index contributed by atoms with van der Waals surface area (Å²) >= 11 is 8.93. The lowest BCUT2D eigenvalue weighted by atomic mass is 10.2. The van der Waals surface area contributed by atoms with Crippen LogP contribution in [0.15, 0.2) is 70.2 Å². The molecule has 1 N–H and O–H groups in total. The molecular weight excluding hydrogens is 462 g/mol. The number of benzene rings is 2. The van der Waals surface area contributed by atoms with Gasteiger partial charge in [0.05, 0.1) is 12.0 Å². The molecule has 0 bridgehead atoms. The number of thioether (sulfide) groups is 1. The smallest absolute Gasteiger partial charge is 0.250 e.